The zero-order valence-corrected chi connectivity index (χ0v) is 21.9. The topological polar surface area (TPSA) is 81.6 Å². The molecule has 3 rings (SSSR count). The van der Waals surface area contributed by atoms with Crippen LogP contribution in [0.15, 0.2) is 4.99 Å². The first-order chi connectivity index (χ1) is 14.5. The maximum absolute atomic E-state index is 10.9. The van der Waals surface area contributed by atoms with Crippen LogP contribution in [0.1, 0.15) is 46.0 Å². The van der Waals surface area contributed by atoms with Gasteiger partial charge in [-0.2, -0.15) is 0 Å². The van der Waals surface area contributed by atoms with Crippen LogP contribution in [-0.2, 0) is 9.47 Å². The third-order valence-corrected chi connectivity index (χ3v) is 6.64. The van der Waals surface area contributed by atoms with Gasteiger partial charge in [0.15, 0.2) is 5.96 Å². The summed E-state index contributed by atoms with van der Waals surface area (Å²) >= 11 is 0. The molecular weight excluding hydrogens is 509 g/mol. The van der Waals surface area contributed by atoms with Crippen LogP contribution >= 0.6 is 24.0 Å². The van der Waals surface area contributed by atoms with E-state index < -0.39 is 5.60 Å². The second kappa shape index (κ2) is 13.5. The molecule has 0 aromatic carbocycles. The number of nitrogens with one attached hydrogen (secondary N) is 2. The molecule has 0 aromatic heterocycles. The molecule has 3 N–H and O–H groups in total. The highest BCUT2D eigenvalue weighted by Gasteiger charge is 2.38. The van der Waals surface area contributed by atoms with Gasteiger partial charge in [0.2, 0.25) is 0 Å². The van der Waals surface area contributed by atoms with Crippen LogP contribution in [0.5, 0.6) is 0 Å². The molecule has 1 saturated carbocycles. The summed E-state index contributed by atoms with van der Waals surface area (Å²) in [4.78, 5) is 9.65. The van der Waals surface area contributed by atoms with E-state index in [-0.39, 0.29) is 29.5 Å². The molecule has 0 amide bonds. The quantitative estimate of drug-likeness (QED) is 0.238. The predicted molar refractivity (Wildman–Crippen MR) is 135 cm³/mol. The Balaban J connectivity index is 0.00000341. The van der Waals surface area contributed by atoms with Crippen molar-refractivity contribution in [3.05, 3.63) is 0 Å². The van der Waals surface area contributed by atoms with Gasteiger partial charge < -0.3 is 25.2 Å². The summed E-state index contributed by atoms with van der Waals surface area (Å²) in [7, 11) is 0. The maximum Gasteiger partial charge on any atom is 0.191 e. The molecule has 3 fully saturated rings. The van der Waals surface area contributed by atoms with E-state index in [0.29, 0.717) is 13.1 Å². The van der Waals surface area contributed by atoms with Gasteiger partial charge in [-0.05, 0) is 26.7 Å². The molecule has 9 heteroatoms. The second-order valence-corrected chi connectivity index (χ2v) is 9.32. The molecule has 1 unspecified atom stereocenters. The van der Waals surface area contributed by atoms with Crippen molar-refractivity contribution >= 4 is 29.9 Å². The fraction of sp³-hybridized carbons (Fsp3) is 0.955. The molecule has 0 bridgehead atoms. The van der Waals surface area contributed by atoms with Crippen molar-refractivity contribution in [2.45, 2.75) is 57.1 Å². The molecule has 31 heavy (non-hydrogen) atoms. The number of nitrogens with zero attached hydrogens (tertiary/aromatic N) is 3. The third kappa shape index (κ3) is 8.58. The molecule has 182 valence electrons. The molecule has 0 aromatic rings. The average Bonchev–Trinajstić information content (AvgIpc) is 2.77. The number of aliphatic hydroxyl groups is 1. The maximum atomic E-state index is 10.9. The van der Waals surface area contributed by atoms with E-state index >= 15 is 0 Å². The van der Waals surface area contributed by atoms with Crippen LogP contribution in [0.4, 0.5) is 0 Å². The molecule has 3 aliphatic rings. The van der Waals surface area contributed by atoms with Crippen LogP contribution in [-0.4, -0.2) is 111 Å². The zero-order chi connectivity index (χ0) is 21.3. The SMILES string of the molecule is CCNC(=NCC(C)(O)CN1CCOCC1)NCC1(N2CCOCC2)CCCCC1.I. The van der Waals surface area contributed by atoms with E-state index in [1.807, 2.05) is 6.92 Å². The van der Waals surface area contributed by atoms with Crippen LogP contribution in [0.25, 0.3) is 0 Å². The van der Waals surface area contributed by atoms with Crippen molar-refractivity contribution in [1.29, 1.82) is 0 Å². The van der Waals surface area contributed by atoms with Crippen molar-refractivity contribution < 1.29 is 14.6 Å². The zero-order valence-electron chi connectivity index (χ0n) is 19.5. The number of hydrogen-bond donors (Lipinski definition) is 3. The Hall–Kier alpha value is -0.200. The van der Waals surface area contributed by atoms with Crippen molar-refractivity contribution in [3.63, 3.8) is 0 Å². The fourth-order valence-corrected chi connectivity index (χ4v) is 4.98. The lowest BCUT2D eigenvalue weighted by molar-refractivity contribution is -0.0353. The highest BCUT2D eigenvalue weighted by atomic mass is 127. The highest BCUT2D eigenvalue weighted by Crippen LogP contribution is 2.33. The summed E-state index contributed by atoms with van der Waals surface area (Å²) in [5, 5.41) is 17.9. The largest absolute Gasteiger partial charge is 0.387 e. The summed E-state index contributed by atoms with van der Waals surface area (Å²) < 4.78 is 11.0. The average molecular weight is 554 g/mol. The first-order valence-corrected chi connectivity index (χ1v) is 11.9. The molecule has 1 aliphatic carbocycles. The number of halogens is 1. The lowest BCUT2D eigenvalue weighted by atomic mass is 9.80. The van der Waals surface area contributed by atoms with Crippen LogP contribution < -0.4 is 10.6 Å². The summed E-state index contributed by atoms with van der Waals surface area (Å²) in [5.74, 6) is 0.804. The molecule has 2 heterocycles. The normalized spacial score (nSPS) is 25.3. The highest BCUT2D eigenvalue weighted by molar-refractivity contribution is 14.0. The lowest BCUT2D eigenvalue weighted by Gasteiger charge is -2.48. The van der Waals surface area contributed by atoms with Gasteiger partial charge in [-0.25, -0.2) is 0 Å². The van der Waals surface area contributed by atoms with Crippen LogP contribution in [0, 0.1) is 0 Å². The first-order valence-electron chi connectivity index (χ1n) is 11.9. The summed E-state index contributed by atoms with van der Waals surface area (Å²) in [6.07, 6.45) is 6.38. The van der Waals surface area contributed by atoms with Crippen molar-refractivity contribution in [3.8, 4) is 0 Å². The Kier molecular flexibility index (Phi) is 11.8. The molecule has 0 spiro atoms. The predicted octanol–water partition coefficient (Wildman–Crippen LogP) is 1.28. The summed E-state index contributed by atoms with van der Waals surface area (Å²) in [6, 6.07) is 0. The van der Waals surface area contributed by atoms with Gasteiger partial charge in [-0.15, -0.1) is 24.0 Å². The minimum absolute atomic E-state index is 0. The minimum Gasteiger partial charge on any atom is -0.387 e. The van der Waals surface area contributed by atoms with Crippen molar-refractivity contribution in [2.24, 2.45) is 4.99 Å². The van der Waals surface area contributed by atoms with E-state index in [4.69, 9.17) is 14.5 Å². The van der Waals surface area contributed by atoms with Crippen molar-refractivity contribution in [2.75, 3.05) is 78.8 Å². The number of guanidine groups is 1. The lowest BCUT2D eigenvalue weighted by Crippen LogP contribution is -2.60. The van der Waals surface area contributed by atoms with Gasteiger partial charge in [-0.3, -0.25) is 14.8 Å². The van der Waals surface area contributed by atoms with E-state index in [1.165, 1.54) is 32.1 Å². The standard InChI is InChI=1S/C22H43N5O3.HI/c1-3-23-20(24-17-21(2,28)19-26-9-13-29-14-10-26)25-18-22(7-5-4-6-8-22)27-11-15-30-16-12-27;/h28H,3-19H2,1-2H3,(H2,23,24,25);1H. The molecule has 2 saturated heterocycles. The Morgan fingerprint density at radius 3 is 2.23 bits per heavy atom. The van der Waals surface area contributed by atoms with E-state index in [1.54, 1.807) is 0 Å². The van der Waals surface area contributed by atoms with E-state index in [9.17, 15) is 5.11 Å². The molecule has 0 radical (unpaired) electrons. The van der Waals surface area contributed by atoms with E-state index in [0.717, 1.165) is 71.7 Å². The molecule has 1 atom stereocenters. The van der Waals surface area contributed by atoms with Crippen LogP contribution in [0.2, 0.25) is 0 Å². The minimum atomic E-state index is -0.855. The van der Waals surface area contributed by atoms with E-state index in [2.05, 4.69) is 27.4 Å². The molecule has 2 aliphatic heterocycles. The van der Waals surface area contributed by atoms with Gasteiger partial charge in [0.05, 0.1) is 38.6 Å². The Morgan fingerprint density at radius 2 is 1.61 bits per heavy atom. The monoisotopic (exact) mass is 553 g/mol. The van der Waals surface area contributed by atoms with Gasteiger partial charge in [-0.1, -0.05) is 19.3 Å². The summed E-state index contributed by atoms with van der Waals surface area (Å²) in [6.45, 7) is 13.6. The van der Waals surface area contributed by atoms with Gasteiger partial charge >= 0.3 is 0 Å². The number of rotatable bonds is 8. The number of aliphatic imine (C=N–C) groups is 1. The van der Waals surface area contributed by atoms with Gasteiger partial charge in [0.1, 0.15) is 0 Å². The van der Waals surface area contributed by atoms with Gasteiger partial charge in [0.25, 0.3) is 0 Å². The van der Waals surface area contributed by atoms with Crippen molar-refractivity contribution in [1.82, 2.24) is 20.4 Å². The fourth-order valence-electron chi connectivity index (χ4n) is 4.98. The Labute approximate surface area is 205 Å². The number of β-amino-alcohol motifs (C(OH)–C–C–N with tert-alkyl or cyclic N) is 1. The Morgan fingerprint density at radius 1 is 1.00 bits per heavy atom. The number of morpholine rings is 2. The number of hydrogen-bond acceptors (Lipinski definition) is 6. The smallest absolute Gasteiger partial charge is 0.191 e. The Bertz CT molecular complexity index is 531. The van der Waals surface area contributed by atoms with Crippen LogP contribution in [0.3, 0.4) is 0 Å². The second-order valence-electron chi connectivity index (χ2n) is 9.32. The summed E-state index contributed by atoms with van der Waals surface area (Å²) in [5.41, 5.74) is -0.666. The first kappa shape index (κ1) is 27.0. The molecule has 8 nitrogen and oxygen atoms in total. The van der Waals surface area contributed by atoms with Gasteiger partial charge in [0, 0.05) is 51.4 Å². The third-order valence-electron chi connectivity index (χ3n) is 6.64. The number of ether oxygens (including phenoxy) is 2. The molecular formula is C22H44IN5O3.